The third kappa shape index (κ3) is 1.68. The van der Waals surface area contributed by atoms with E-state index in [0.717, 1.165) is 11.5 Å². The van der Waals surface area contributed by atoms with Gasteiger partial charge in [0.05, 0.1) is 22.9 Å². The van der Waals surface area contributed by atoms with Gasteiger partial charge in [-0.05, 0) is 6.92 Å². The molecular formula is C7H8IN3. The number of halogens is 1. The highest BCUT2D eigenvalue weighted by atomic mass is 127. The van der Waals surface area contributed by atoms with Gasteiger partial charge in [0.15, 0.2) is 5.84 Å². The summed E-state index contributed by atoms with van der Waals surface area (Å²) in [5, 5.41) is 0. The lowest BCUT2D eigenvalue weighted by Gasteiger charge is -2.03. The van der Waals surface area contributed by atoms with Crippen molar-refractivity contribution in [3.8, 4) is 0 Å². The fraction of sp³-hybridized carbons (Fsp3) is 0.143. The first kappa shape index (κ1) is 8.45. The van der Waals surface area contributed by atoms with E-state index in [0.29, 0.717) is 0 Å². The Labute approximate surface area is 79.7 Å². The van der Waals surface area contributed by atoms with Gasteiger partial charge < -0.3 is 0 Å². The predicted octanol–water partition coefficient (Wildman–Crippen LogP) is 2.13. The summed E-state index contributed by atoms with van der Waals surface area (Å²) in [4.78, 5) is 8.17. The van der Waals surface area contributed by atoms with E-state index in [1.807, 2.05) is 16.1 Å². The zero-order valence-electron chi connectivity index (χ0n) is 6.16. The smallest absolute Gasteiger partial charge is 0.168 e. The van der Waals surface area contributed by atoms with Crippen LogP contribution in [0.4, 0.5) is 0 Å². The summed E-state index contributed by atoms with van der Waals surface area (Å²) in [6.07, 6.45) is 5.15. The minimum Gasteiger partial charge on any atom is -0.255 e. The molecular weight excluding hydrogens is 253 g/mol. The maximum atomic E-state index is 4.11. The Morgan fingerprint density at radius 1 is 1.82 bits per heavy atom. The van der Waals surface area contributed by atoms with Crippen LogP contribution in [0.5, 0.6) is 0 Å². The van der Waals surface area contributed by atoms with Crippen LogP contribution < -0.4 is 0 Å². The average Bonchev–Trinajstić information content (AvgIpc) is 2.34. The van der Waals surface area contributed by atoms with Gasteiger partial charge in [0.25, 0.3) is 0 Å². The lowest BCUT2D eigenvalue weighted by molar-refractivity contribution is 1.14. The average molecular weight is 261 g/mol. The second kappa shape index (κ2) is 3.66. The topological polar surface area (TPSA) is 28.0 Å². The highest BCUT2D eigenvalue weighted by molar-refractivity contribution is 14.1. The molecule has 0 saturated carbocycles. The summed E-state index contributed by atoms with van der Waals surface area (Å²) in [6.45, 7) is 5.46. The molecule has 0 N–H and O–H groups in total. The molecule has 0 atom stereocenters. The van der Waals surface area contributed by atoms with Crippen LogP contribution in [0, 0.1) is 0 Å². The van der Waals surface area contributed by atoms with Crippen LogP contribution in [0.2, 0.25) is 0 Å². The SMILES string of the molecule is C=C/N=C1\C(=C/C)N=CN1I. The molecule has 58 valence electrons. The highest BCUT2D eigenvalue weighted by Crippen LogP contribution is 2.15. The standard InChI is InChI=1S/C7H8IN3/c1-3-6-7(9-4-2)11(8)5-10-6/h3-5H,2H2,1H3/b6-3+,9-7+. The molecule has 11 heavy (non-hydrogen) atoms. The Morgan fingerprint density at radius 3 is 3.09 bits per heavy atom. The number of nitrogens with zero attached hydrogens (tertiary/aromatic N) is 3. The van der Waals surface area contributed by atoms with Gasteiger partial charge in [-0.15, -0.1) is 0 Å². The molecule has 1 aliphatic heterocycles. The monoisotopic (exact) mass is 261 g/mol. The number of allylic oxidation sites excluding steroid dienone is 1. The summed E-state index contributed by atoms with van der Waals surface area (Å²) in [5.41, 5.74) is 0.888. The molecule has 0 aromatic rings. The highest BCUT2D eigenvalue weighted by Gasteiger charge is 2.15. The van der Waals surface area contributed by atoms with Gasteiger partial charge in [-0.2, -0.15) is 0 Å². The van der Waals surface area contributed by atoms with Crippen molar-refractivity contribution >= 4 is 35.0 Å². The second-order valence-corrected chi connectivity index (χ2v) is 2.90. The van der Waals surface area contributed by atoms with Crippen molar-refractivity contribution in [2.24, 2.45) is 9.98 Å². The van der Waals surface area contributed by atoms with E-state index in [1.54, 1.807) is 6.34 Å². The van der Waals surface area contributed by atoms with Crippen molar-refractivity contribution < 1.29 is 0 Å². The van der Waals surface area contributed by atoms with E-state index in [4.69, 9.17) is 0 Å². The Hall–Kier alpha value is -0.650. The Balaban J connectivity index is 2.95. The van der Waals surface area contributed by atoms with Crippen LogP contribution in [-0.2, 0) is 0 Å². The summed E-state index contributed by atoms with van der Waals surface area (Å²) in [6, 6.07) is 0. The minimum absolute atomic E-state index is 0.836. The zero-order valence-corrected chi connectivity index (χ0v) is 8.32. The second-order valence-electron chi connectivity index (χ2n) is 1.86. The van der Waals surface area contributed by atoms with E-state index in [9.17, 15) is 0 Å². The number of amidine groups is 1. The molecule has 0 aromatic heterocycles. The lowest BCUT2D eigenvalue weighted by atomic mass is 10.4. The molecule has 1 rings (SSSR count). The normalized spacial score (nSPS) is 23.6. The molecule has 0 spiro atoms. The fourth-order valence-corrected chi connectivity index (χ4v) is 1.24. The van der Waals surface area contributed by atoms with Gasteiger partial charge >= 0.3 is 0 Å². The summed E-state index contributed by atoms with van der Waals surface area (Å²) in [5.74, 6) is 0.836. The van der Waals surface area contributed by atoms with Gasteiger partial charge in [-0.25, -0.2) is 9.98 Å². The van der Waals surface area contributed by atoms with Gasteiger partial charge in [-0.3, -0.25) is 3.11 Å². The van der Waals surface area contributed by atoms with Crippen LogP contribution in [0.25, 0.3) is 0 Å². The first-order valence-electron chi connectivity index (χ1n) is 3.14. The minimum atomic E-state index is 0.836. The van der Waals surface area contributed by atoms with Gasteiger partial charge in [0, 0.05) is 6.20 Å². The van der Waals surface area contributed by atoms with Gasteiger partial charge in [-0.1, -0.05) is 12.7 Å². The number of rotatable bonds is 1. The molecule has 3 nitrogen and oxygen atoms in total. The summed E-state index contributed by atoms with van der Waals surface area (Å²) in [7, 11) is 0. The van der Waals surface area contributed by atoms with E-state index in [1.165, 1.54) is 6.20 Å². The third-order valence-corrected chi connectivity index (χ3v) is 1.92. The number of hydrogen-bond acceptors (Lipinski definition) is 2. The van der Waals surface area contributed by atoms with E-state index < -0.39 is 0 Å². The van der Waals surface area contributed by atoms with Crippen LogP contribution >= 0.6 is 22.9 Å². The van der Waals surface area contributed by atoms with Crippen molar-refractivity contribution in [3.63, 3.8) is 0 Å². The van der Waals surface area contributed by atoms with Crippen molar-refractivity contribution in [2.45, 2.75) is 6.92 Å². The number of aliphatic imine (C=N–C) groups is 2. The van der Waals surface area contributed by atoms with Crippen LogP contribution in [0.1, 0.15) is 6.92 Å². The number of hydrogen-bond donors (Lipinski definition) is 0. The molecule has 1 heterocycles. The predicted molar refractivity (Wildman–Crippen MR) is 55.7 cm³/mol. The molecule has 0 radical (unpaired) electrons. The summed E-state index contributed by atoms with van der Waals surface area (Å²) >= 11 is 2.12. The zero-order chi connectivity index (χ0) is 8.27. The van der Waals surface area contributed by atoms with E-state index in [-0.39, 0.29) is 0 Å². The van der Waals surface area contributed by atoms with Crippen molar-refractivity contribution in [1.29, 1.82) is 0 Å². The van der Waals surface area contributed by atoms with Crippen molar-refractivity contribution in [3.05, 3.63) is 24.6 Å². The van der Waals surface area contributed by atoms with E-state index >= 15 is 0 Å². The Bertz CT molecular complexity index is 252. The van der Waals surface area contributed by atoms with E-state index in [2.05, 4.69) is 39.4 Å². The first-order valence-corrected chi connectivity index (χ1v) is 4.10. The molecule has 1 aliphatic rings. The molecule has 0 amide bonds. The quantitative estimate of drug-likeness (QED) is 0.525. The van der Waals surface area contributed by atoms with Gasteiger partial charge in [0.1, 0.15) is 12.0 Å². The Kier molecular flexibility index (Phi) is 2.81. The first-order chi connectivity index (χ1) is 5.29. The molecule has 0 aromatic carbocycles. The summed E-state index contributed by atoms with van der Waals surface area (Å²) < 4.78 is 1.83. The Morgan fingerprint density at radius 2 is 2.55 bits per heavy atom. The van der Waals surface area contributed by atoms with Gasteiger partial charge in [0.2, 0.25) is 0 Å². The molecule has 0 saturated heterocycles. The molecule has 0 fully saturated rings. The molecule has 4 heteroatoms. The molecule has 0 aliphatic carbocycles. The van der Waals surface area contributed by atoms with Crippen LogP contribution in [0.15, 0.2) is 34.5 Å². The lowest BCUT2D eigenvalue weighted by Crippen LogP contribution is -2.12. The molecule has 0 unspecified atom stereocenters. The van der Waals surface area contributed by atoms with Crippen LogP contribution in [-0.4, -0.2) is 15.3 Å². The van der Waals surface area contributed by atoms with Crippen molar-refractivity contribution in [2.75, 3.05) is 0 Å². The van der Waals surface area contributed by atoms with Crippen molar-refractivity contribution in [1.82, 2.24) is 3.11 Å². The third-order valence-electron chi connectivity index (χ3n) is 1.22. The largest absolute Gasteiger partial charge is 0.255 e. The molecule has 0 bridgehead atoms. The maximum Gasteiger partial charge on any atom is 0.168 e. The maximum absolute atomic E-state index is 4.11. The fourth-order valence-electron chi connectivity index (χ4n) is 0.746. The van der Waals surface area contributed by atoms with Crippen LogP contribution in [0.3, 0.4) is 0 Å².